The van der Waals surface area contributed by atoms with Crippen LogP contribution < -0.4 is 18.9 Å². The van der Waals surface area contributed by atoms with Crippen molar-refractivity contribution < 1.29 is 18.9 Å². The Balaban J connectivity index is 0.000000154. The van der Waals surface area contributed by atoms with Crippen LogP contribution in [0.4, 0.5) is 0 Å². The molecule has 14 heteroatoms. The van der Waals surface area contributed by atoms with Crippen LogP contribution in [0.25, 0.3) is 55.6 Å². The zero-order chi connectivity index (χ0) is 41.0. The SMILES string of the molecule is COc1ccc2c(O[C@@H](C)c3nnc4ccc(-c5ccccc5)nn34)ccnc2c1.COc1ccc2c(O[C@H](C)c3nnc4ccc(-c5ccccc5)nn34)ccnc2c1. The predicted molar refractivity (Wildman–Crippen MR) is 227 cm³/mol. The quantitative estimate of drug-likeness (QED) is 0.130. The summed E-state index contributed by atoms with van der Waals surface area (Å²) in [5, 5.41) is 28.4. The summed E-state index contributed by atoms with van der Waals surface area (Å²) < 4.78 is 26.6. The van der Waals surface area contributed by atoms with Crippen molar-refractivity contribution in [2.75, 3.05) is 14.2 Å². The second-order valence-corrected chi connectivity index (χ2v) is 13.7. The molecule has 10 aromatic rings. The number of fused-ring (bicyclic) bond motifs is 4. The molecule has 0 amide bonds. The number of hydrogen-bond acceptors (Lipinski definition) is 12. The van der Waals surface area contributed by atoms with Crippen LogP contribution in [0.1, 0.15) is 37.7 Å². The van der Waals surface area contributed by atoms with Gasteiger partial charge in [-0.3, -0.25) is 9.97 Å². The Morgan fingerprint density at radius 2 is 0.900 bits per heavy atom. The fourth-order valence-corrected chi connectivity index (χ4v) is 6.79. The van der Waals surface area contributed by atoms with Gasteiger partial charge < -0.3 is 18.9 Å². The first-order valence-corrected chi connectivity index (χ1v) is 19.2. The summed E-state index contributed by atoms with van der Waals surface area (Å²) in [4.78, 5) is 8.82. The van der Waals surface area contributed by atoms with E-state index in [4.69, 9.17) is 29.1 Å². The first-order valence-electron chi connectivity index (χ1n) is 19.2. The number of aromatic nitrogens is 10. The minimum atomic E-state index is -0.369. The normalized spacial score (nSPS) is 12.2. The number of hydrogen-bond donors (Lipinski definition) is 0. The summed E-state index contributed by atoms with van der Waals surface area (Å²) in [5.41, 5.74) is 6.69. The monoisotopic (exact) mass is 794 g/mol. The molecule has 0 radical (unpaired) electrons. The molecule has 0 fully saturated rings. The first kappa shape index (κ1) is 37.6. The average Bonchev–Trinajstić information content (AvgIpc) is 3.94. The third kappa shape index (κ3) is 7.56. The van der Waals surface area contributed by atoms with Crippen molar-refractivity contribution >= 4 is 33.1 Å². The lowest BCUT2D eigenvalue weighted by Gasteiger charge is -2.15. The van der Waals surface area contributed by atoms with Gasteiger partial charge in [0.1, 0.15) is 23.0 Å². The Morgan fingerprint density at radius 3 is 1.32 bits per heavy atom. The molecule has 0 unspecified atom stereocenters. The summed E-state index contributed by atoms with van der Waals surface area (Å²) in [5.74, 6) is 4.18. The van der Waals surface area contributed by atoms with E-state index in [2.05, 4.69) is 30.4 Å². The molecule has 6 aromatic heterocycles. The topological polar surface area (TPSA) is 149 Å². The predicted octanol–water partition coefficient (Wildman–Crippen LogP) is 8.98. The van der Waals surface area contributed by atoms with Gasteiger partial charge in [-0.05, 0) is 74.5 Å². The molecule has 6 heterocycles. The molecule has 60 heavy (non-hydrogen) atoms. The molecule has 0 bridgehead atoms. The number of methoxy groups -OCH3 is 2. The highest BCUT2D eigenvalue weighted by Gasteiger charge is 2.20. The maximum atomic E-state index is 6.26. The van der Waals surface area contributed by atoms with E-state index < -0.39 is 0 Å². The standard InChI is InChI=1S/2C23H19N5O2/c2*1-15(30-21-12-13-24-20-14-17(29-2)8-9-18(20)21)23-26-25-22-11-10-19(27-28(22)23)16-6-4-3-5-7-16/h2*3-15H,1-2H3/t2*15-/m10/s1. The average molecular weight is 795 g/mol. The third-order valence-electron chi connectivity index (χ3n) is 9.87. The molecule has 0 spiro atoms. The van der Waals surface area contributed by atoms with Gasteiger partial charge in [0.15, 0.2) is 35.2 Å². The molecular formula is C46H38N10O4. The maximum absolute atomic E-state index is 6.26. The van der Waals surface area contributed by atoms with E-state index in [1.165, 1.54) is 0 Å². The van der Waals surface area contributed by atoms with Crippen LogP contribution >= 0.6 is 0 Å². The molecule has 4 aromatic carbocycles. The van der Waals surface area contributed by atoms with E-state index in [9.17, 15) is 0 Å². The van der Waals surface area contributed by atoms with Gasteiger partial charge in [-0.2, -0.15) is 19.2 Å². The lowest BCUT2D eigenvalue weighted by Crippen LogP contribution is -2.10. The minimum absolute atomic E-state index is 0.369. The van der Waals surface area contributed by atoms with Crippen molar-refractivity contribution in [1.29, 1.82) is 0 Å². The highest BCUT2D eigenvalue weighted by atomic mass is 16.5. The molecule has 0 N–H and O–H groups in total. The van der Waals surface area contributed by atoms with Gasteiger partial charge in [0.25, 0.3) is 0 Å². The Morgan fingerprint density at radius 1 is 0.467 bits per heavy atom. The van der Waals surface area contributed by atoms with Crippen LogP contribution in [0, 0.1) is 0 Å². The van der Waals surface area contributed by atoms with Gasteiger partial charge in [-0.25, -0.2) is 0 Å². The lowest BCUT2D eigenvalue weighted by atomic mass is 10.1. The van der Waals surface area contributed by atoms with Crippen LogP contribution in [-0.4, -0.2) is 63.8 Å². The molecule has 0 aliphatic rings. The smallest absolute Gasteiger partial charge is 0.195 e. The number of nitrogens with zero attached hydrogens (tertiary/aromatic N) is 10. The van der Waals surface area contributed by atoms with Gasteiger partial charge in [-0.15, -0.1) is 20.4 Å². The third-order valence-corrected chi connectivity index (χ3v) is 9.87. The van der Waals surface area contributed by atoms with E-state index in [0.717, 1.165) is 55.8 Å². The molecule has 0 aliphatic carbocycles. The fraction of sp³-hybridized carbons (Fsp3) is 0.130. The molecule has 14 nitrogen and oxygen atoms in total. The van der Waals surface area contributed by atoms with Crippen LogP contribution in [-0.2, 0) is 0 Å². The Kier molecular flexibility index (Phi) is 10.3. The second-order valence-electron chi connectivity index (χ2n) is 13.7. The van der Waals surface area contributed by atoms with Crippen molar-refractivity contribution in [2.45, 2.75) is 26.1 Å². The molecule has 296 valence electrons. The number of rotatable bonds is 10. The van der Waals surface area contributed by atoms with Gasteiger partial charge >= 0.3 is 0 Å². The highest BCUT2D eigenvalue weighted by molar-refractivity contribution is 5.86. The Labute approximate surface area is 344 Å². The molecule has 0 aliphatic heterocycles. The summed E-state index contributed by atoms with van der Waals surface area (Å²) in [7, 11) is 3.27. The zero-order valence-electron chi connectivity index (χ0n) is 33.1. The maximum Gasteiger partial charge on any atom is 0.195 e. The summed E-state index contributed by atoms with van der Waals surface area (Å²) in [6, 6.07) is 42.8. The van der Waals surface area contributed by atoms with Crippen LogP contribution in [0.3, 0.4) is 0 Å². The summed E-state index contributed by atoms with van der Waals surface area (Å²) in [6.45, 7) is 3.87. The van der Waals surface area contributed by atoms with Crippen molar-refractivity contribution in [2.24, 2.45) is 0 Å². The zero-order valence-corrected chi connectivity index (χ0v) is 33.1. The Bertz CT molecular complexity index is 2880. The summed E-state index contributed by atoms with van der Waals surface area (Å²) >= 11 is 0. The van der Waals surface area contributed by atoms with Gasteiger partial charge in [0.05, 0.1) is 36.6 Å². The van der Waals surface area contributed by atoms with Crippen molar-refractivity contribution in [1.82, 2.24) is 49.6 Å². The molecular weight excluding hydrogens is 757 g/mol. The van der Waals surface area contributed by atoms with Crippen molar-refractivity contribution in [3.8, 4) is 45.5 Å². The summed E-state index contributed by atoms with van der Waals surface area (Å²) in [6.07, 6.45) is 2.70. The molecule has 0 saturated heterocycles. The van der Waals surface area contributed by atoms with E-state index >= 15 is 0 Å². The molecule has 10 rings (SSSR count). The largest absolute Gasteiger partial charge is 0.497 e. The fourth-order valence-electron chi connectivity index (χ4n) is 6.79. The van der Waals surface area contributed by atoms with E-state index in [1.54, 1.807) is 35.6 Å². The van der Waals surface area contributed by atoms with E-state index in [-0.39, 0.29) is 12.2 Å². The van der Waals surface area contributed by atoms with Crippen LogP contribution in [0.15, 0.2) is 146 Å². The van der Waals surface area contributed by atoms with Crippen molar-refractivity contribution in [3.05, 3.63) is 158 Å². The molecule has 2 atom stereocenters. The van der Waals surface area contributed by atoms with E-state index in [1.807, 2.05) is 147 Å². The second kappa shape index (κ2) is 16.5. The highest BCUT2D eigenvalue weighted by Crippen LogP contribution is 2.32. The van der Waals surface area contributed by atoms with Gasteiger partial charge in [0.2, 0.25) is 0 Å². The molecule has 0 saturated carbocycles. The number of benzene rings is 4. The number of ether oxygens (including phenoxy) is 4. The first-order chi connectivity index (χ1) is 29.4. The van der Waals surface area contributed by atoms with Crippen LogP contribution in [0.5, 0.6) is 23.0 Å². The minimum Gasteiger partial charge on any atom is -0.497 e. The number of pyridine rings is 2. The van der Waals surface area contributed by atoms with Gasteiger partial charge in [0, 0.05) is 46.4 Å². The Hall–Kier alpha value is -8.00. The van der Waals surface area contributed by atoms with Gasteiger partial charge in [-0.1, -0.05) is 60.7 Å². The van der Waals surface area contributed by atoms with Crippen molar-refractivity contribution in [3.63, 3.8) is 0 Å². The van der Waals surface area contributed by atoms with E-state index in [0.29, 0.717) is 34.4 Å². The lowest BCUT2D eigenvalue weighted by molar-refractivity contribution is 0.216. The van der Waals surface area contributed by atoms with Crippen LogP contribution in [0.2, 0.25) is 0 Å².